The van der Waals surface area contributed by atoms with Crippen LogP contribution in [0.15, 0.2) is 78.9 Å². The summed E-state index contributed by atoms with van der Waals surface area (Å²) in [5.41, 5.74) is 2.45. The van der Waals surface area contributed by atoms with Crippen LogP contribution in [0.4, 0.5) is 10.1 Å². The van der Waals surface area contributed by atoms with Crippen LogP contribution in [0.1, 0.15) is 0 Å². The van der Waals surface area contributed by atoms with Crippen LogP contribution in [0.3, 0.4) is 0 Å². The van der Waals surface area contributed by atoms with E-state index in [2.05, 4.69) is 5.32 Å². The lowest BCUT2D eigenvalue weighted by atomic mass is 10.0. The van der Waals surface area contributed by atoms with E-state index in [0.717, 1.165) is 11.1 Å². The molecule has 6 heteroatoms. The molecule has 0 aliphatic heterocycles. The van der Waals surface area contributed by atoms with Crippen molar-refractivity contribution in [2.45, 2.75) is 0 Å². The van der Waals surface area contributed by atoms with Gasteiger partial charge in [0.2, 0.25) is 0 Å². The van der Waals surface area contributed by atoms with Crippen LogP contribution in [0, 0.1) is 5.82 Å². The van der Waals surface area contributed by atoms with Crippen LogP contribution < -0.4 is 10.1 Å². The first-order chi connectivity index (χ1) is 13.6. The topological polar surface area (TPSA) is 64.6 Å². The highest BCUT2D eigenvalue weighted by molar-refractivity contribution is 5.96. The van der Waals surface area contributed by atoms with Crippen LogP contribution in [-0.4, -0.2) is 25.1 Å². The summed E-state index contributed by atoms with van der Waals surface area (Å²) in [6.07, 6.45) is 0. The van der Waals surface area contributed by atoms with Crippen molar-refractivity contribution in [3.05, 3.63) is 84.7 Å². The second kappa shape index (κ2) is 9.32. The maximum atomic E-state index is 12.8. The highest BCUT2D eigenvalue weighted by Crippen LogP contribution is 2.27. The molecule has 1 amide bonds. The monoisotopic (exact) mass is 379 g/mol. The Hall–Kier alpha value is -3.67. The minimum Gasteiger partial charge on any atom is -0.482 e. The molecule has 5 nitrogen and oxygen atoms in total. The van der Waals surface area contributed by atoms with Crippen molar-refractivity contribution in [3.8, 4) is 16.9 Å². The first-order valence-corrected chi connectivity index (χ1v) is 8.60. The average molecular weight is 379 g/mol. The maximum Gasteiger partial charge on any atom is 0.344 e. The van der Waals surface area contributed by atoms with Crippen LogP contribution in [0.5, 0.6) is 5.75 Å². The summed E-state index contributed by atoms with van der Waals surface area (Å²) >= 11 is 0. The van der Waals surface area contributed by atoms with E-state index in [4.69, 9.17) is 9.47 Å². The number of para-hydroxylation sites is 1. The summed E-state index contributed by atoms with van der Waals surface area (Å²) in [6.45, 7) is -0.811. The molecule has 1 N–H and O–H groups in total. The number of rotatable bonds is 7. The minimum atomic E-state index is -0.698. The van der Waals surface area contributed by atoms with Gasteiger partial charge in [-0.2, -0.15) is 0 Å². The fourth-order valence-corrected chi connectivity index (χ4v) is 2.51. The summed E-state index contributed by atoms with van der Waals surface area (Å²) < 4.78 is 22.9. The molecule has 0 bridgehead atoms. The fourth-order valence-electron chi connectivity index (χ4n) is 2.51. The third-order valence-electron chi connectivity index (χ3n) is 3.82. The molecular formula is C22H18FNO4. The van der Waals surface area contributed by atoms with Gasteiger partial charge in [-0.3, -0.25) is 4.79 Å². The largest absolute Gasteiger partial charge is 0.482 e. The summed E-state index contributed by atoms with van der Waals surface area (Å²) in [7, 11) is 0. The van der Waals surface area contributed by atoms with Crippen molar-refractivity contribution in [2.24, 2.45) is 0 Å². The summed E-state index contributed by atoms with van der Waals surface area (Å²) in [4.78, 5) is 23.9. The van der Waals surface area contributed by atoms with Gasteiger partial charge in [-0.1, -0.05) is 48.5 Å². The molecular weight excluding hydrogens is 361 g/mol. The van der Waals surface area contributed by atoms with Gasteiger partial charge < -0.3 is 14.8 Å². The molecule has 3 aromatic rings. The lowest BCUT2D eigenvalue weighted by molar-refractivity contribution is -0.149. The number of halogens is 1. The van der Waals surface area contributed by atoms with Crippen molar-refractivity contribution in [2.75, 3.05) is 18.5 Å². The van der Waals surface area contributed by atoms with Crippen LogP contribution >= 0.6 is 0 Å². The summed E-state index contributed by atoms with van der Waals surface area (Å²) in [6, 6.07) is 22.2. The van der Waals surface area contributed by atoms with Gasteiger partial charge in [0.15, 0.2) is 13.2 Å². The quantitative estimate of drug-likeness (QED) is 0.629. The number of hydrogen-bond acceptors (Lipinski definition) is 4. The molecule has 0 heterocycles. The number of carbonyl (C=O) groups is 2. The smallest absolute Gasteiger partial charge is 0.344 e. The van der Waals surface area contributed by atoms with Crippen LogP contribution in [0.2, 0.25) is 0 Å². The molecule has 28 heavy (non-hydrogen) atoms. The Kier molecular flexibility index (Phi) is 6.36. The fraction of sp³-hybridized carbons (Fsp3) is 0.0909. The number of esters is 1. The Morgan fingerprint density at radius 1 is 0.821 bits per heavy atom. The van der Waals surface area contributed by atoms with Crippen molar-refractivity contribution in [1.82, 2.24) is 0 Å². The van der Waals surface area contributed by atoms with Gasteiger partial charge in [-0.05, 0) is 35.9 Å². The number of ether oxygens (including phenoxy) is 2. The number of amides is 1. The molecule has 3 rings (SSSR count). The summed E-state index contributed by atoms with van der Waals surface area (Å²) in [5, 5.41) is 2.75. The molecule has 0 aliphatic rings. The zero-order valence-corrected chi connectivity index (χ0v) is 14.9. The second-order valence-electron chi connectivity index (χ2n) is 5.86. The van der Waals surface area contributed by atoms with E-state index in [1.165, 1.54) is 24.3 Å². The Morgan fingerprint density at radius 2 is 1.50 bits per heavy atom. The first kappa shape index (κ1) is 19.1. The van der Waals surface area contributed by atoms with E-state index in [0.29, 0.717) is 11.4 Å². The number of nitrogens with one attached hydrogen (secondary N) is 1. The SMILES string of the molecule is O=C(COC(=O)COc1ccc(F)cc1)Nc1ccccc1-c1ccccc1. The highest BCUT2D eigenvalue weighted by Gasteiger charge is 2.11. The zero-order chi connectivity index (χ0) is 19.8. The molecule has 3 aromatic carbocycles. The molecule has 0 fully saturated rings. The molecule has 0 radical (unpaired) electrons. The van der Waals surface area contributed by atoms with Crippen LogP contribution in [-0.2, 0) is 14.3 Å². The Bertz CT molecular complexity index is 942. The molecule has 0 aromatic heterocycles. The van der Waals surface area contributed by atoms with Gasteiger partial charge in [0.25, 0.3) is 5.91 Å². The lowest BCUT2D eigenvalue weighted by Crippen LogP contribution is -2.23. The molecule has 0 spiro atoms. The predicted molar refractivity (Wildman–Crippen MR) is 103 cm³/mol. The Labute approximate surface area is 161 Å². The molecule has 0 saturated carbocycles. The molecule has 0 aliphatic carbocycles. The van der Waals surface area contributed by atoms with Gasteiger partial charge in [-0.15, -0.1) is 0 Å². The number of benzene rings is 3. The lowest BCUT2D eigenvalue weighted by Gasteiger charge is -2.12. The van der Waals surface area contributed by atoms with Gasteiger partial charge in [-0.25, -0.2) is 9.18 Å². The normalized spacial score (nSPS) is 10.2. The number of carbonyl (C=O) groups excluding carboxylic acids is 2. The van der Waals surface area contributed by atoms with E-state index in [9.17, 15) is 14.0 Å². The third-order valence-corrected chi connectivity index (χ3v) is 3.82. The maximum absolute atomic E-state index is 12.8. The number of anilines is 1. The van der Waals surface area contributed by atoms with Crippen LogP contribution in [0.25, 0.3) is 11.1 Å². The van der Waals surface area contributed by atoms with Crippen molar-refractivity contribution in [3.63, 3.8) is 0 Å². The summed E-state index contributed by atoms with van der Waals surface area (Å²) in [5.74, 6) is -1.23. The molecule has 142 valence electrons. The minimum absolute atomic E-state index is 0.333. The van der Waals surface area contributed by atoms with Crippen molar-refractivity contribution < 1.29 is 23.5 Å². The van der Waals surface area contributed by atoms with Gasteiger partial charge >= 0.3 is 5.97 Å². The Morgan fingerprint density at radius 3 is 2.25 bits per heavy atom. The van der Waals surface area contributed by atoms with Gasteiger partial charge in [0, 0.05) is 11.3 Å². The molecule has 0 unspecified atom stereocenters. The predicted octanol–water partition coefficient (Wildman–Crippen LogP) is 4.05. The molecule has 0 saturated heterocycles. The van der Waals surface area contributed by atoms with E-state index in [1.807, 2.05) is 48.5 Å². The van der Waals surface area contributed by atoms with E-state index in [1.54, 1.807) is 6.07 Å². The van der Waals surface area contributed by atoms with E-state index >= 15 is 0 Å². The highest BCUT2D eigenvalue weighted by atomic mass is 19.1. The van der Waals surface area contributed by atoms with Crippen molar-refractivity contribution >= 4 is 17.6 Å². The first-order valence-electron chi connectivity index (χ1n) is 8.60. The second-order valence-corrected chi connectivity index (χ2v) is 5.86. The number of hydrogen-bond donors (Lipinski definition) is 1. The van der Waals surface area contributed by atoms with Gasteiger partial charge in [0.05, 0.1) is 0 Å². The van der Waals surface area contributed by atoms with E-state index in [-0.39, 0.29) is 6.61 Å². The van der Waals surface area contributed by atoms with E-state index < -0.39 is 24.3 Å². The average Bonchev–Trinajstić information content (AvgIpc) is 2.73. The van der Waals surface area contributed by atoms with Crippen molar-refractivity contribution in [1.29, 1.82) is 0 Å². The standard InChI is InChI=1S/C22H18FNO4/c23-17-10-12-18(13-11-17)27-15-22(26)28-14-21(25)24-20-9-5-4-8-19(20)16-6-2-1-3-7-16/h1-13H,14-15H2,(H,24,25). The molecule has 0 atom stereocenters. The Balaban J connectivity index is 1.51. The van der Waals surface area contributed by atoms with Gasteiger partial charge in [0.1, 0.15) is 11.6 Å². The zero-order valence-electron chi connectivity index (χ0n) is 14.9. The third kappa shape index (κ3) is 5.41.